The van der Waals surface area contributed by atoms with E-state index in [4.69, 9.17) is 4.43 Å². The Morgan fingerprint density at radius 1 is 0.837 bits per heavy atom. The van der Waals surface area contributed by atoms with Gasteiger partial charge in [-0.3, -0.25) is 0 Å². The summed E-state index contributed by atoms with van der Waals surface area (Å²) in [4.78, 5) is 2.34. The molecular weight excluding hydrogens is 569 g/mol. The van der Waals surface area contributed by atoms with Crippen molar-refractivity contribution < 1.29 is 12.8 Å². The Morgan fingerprint density at radius 2 is 1.40 bits per heavy atom. The maximum absolute atomic E-state index is 13.7. The molecule has 0 aliphatic carbocycles. The van der Waals surface area contributed by atoms with Gasteiger partial charge in [0.15, 0.2) is 0 Å². The molecular formula is C36H42N2O3SSi. The Balaban J connectivity index is 1.78. The maximum atomic E-state index is 13.7. The molecule has 1 aliphatic heterocycles. The van der Waals surface area contributed by atoms with Crippen LogP contribution in [0.1, 0.15) is 49.9 Å². The summed E-state index contributed by atoms with van der Waals surface area (Å²) in [7, 11) is -4.07. The fraction of sp³-hybridized carbons (Fsp3) is 0.306. The van der Waals surface area contributed by atoms with E-state index in [2.05, 4.69) is 86.5 Å². The molecule has 0 N–H and O–H groups in total. The third-order valence-corrected chi connectivity index (χ3v) is 15.2. The Labute approximate surface area is 258 Å². The number of sulfonamides is 1. The van der Waals surface area contributed by atoms with Crippen molar-refractivity contribution >= 4 is 30.2 Å². The first-order valence-electron chi connectivity index (χ1n) is 14.7. The van der Waals surface area contributed by atoms with E-state index < -0.39 is 29.3 Å². The average molecular weight is 611 g/mol. The molecule has 5 rings (SSSR count). The van der Waals surface area contributed by atoms with Crippen molar-refractivity contribution in [3.63, 3.8) is 0 Å². The van der Waals surface area contributed by atoms with Crippen molar-refractivity contribution in [1.29, 1.82) is 0 Å². The summed E-state index contributed by atoms with van der Waals surface area (Å²) in [5.41, 5.74) is 3.31. The molecule has 0 saturated carbocycles. The third kappa shape index (κ3) is 5.12. The van der Waals surface area contributed by atoms with Crippen molar-refractivity contribution in [2.24, 2.45) is 4.40 Å². The minimum atomic E-state index is -3.98. The molecule has 224 valence electrons. The van der Waals surface area contributed by atoms with Crippen molar-refractivity contribution in [2.75, 3.05) is 11.9 Å². The molecule has 0 saturated heterocycles. The molecule has 0 bridgehead atoms. The van der Waals surface area contributed by atoms with Gasteiger partial charge in [0, 0.05) is 18.9 Å². The van der Waals surface area contributed by atoms with E-state index >= 15 is 0 Å². The first-order chi connectivity index (χ1) is 20.1. The Kier molecular flexibility index (Phi) is 7.72. The number of nitrogens with zero attached hydrogens (tertiary/aromatic N) is 2. The lowest BCUT2D eigenvalue weighted by atomic mass is 9.62. The molecule has 5 nitrogen and oxygen atoms in total. The van der Waals surface area contributed by atoms with Crippen LogP contribution in [-0.4, -0.2) is 30.0 Å². The number of fused-ring (bicyclic) bond motifs is 1. The van der Waals surface area contributed by atoms with Gasteiger partial charge in [0.25, 0.3) is 10.0 Å². The lowest BCUT2D eigenvalue weighted by Crippen LogP contribution is -2.55. The minimum absolute atomic E-state index is 0.0380. The molecule has 4 aromatic carbocycles. The lowest BCUT2D eigenvalue weighted by Gasteiger charge is -2.46. The van der Waals surface area contributed by atoms with E-state index in [0.717, 1.165) is 33.7 Å². The van der Waals surface area contributed by atoms with Gasteiger partial charge < -0.3 is 9.33 Å². The normalized spacial score (nSPS) is 20.8. The van der Waals surface area contributed by atoms with Gasteiger partial charge in [-0.05, 0) is 79.0 Å². The monoisotopic (exact) mass is 610 g/mol. The van der Waals surface area contributed by atoms with Gasteiger partial charge in [-0.2, -0.15) is 12.8 Å². The summed E-state index contributed by atoms with van der Waals surface area (Å²) in [5.74, 6) is 0.828. The van der Waals surface area contributed by atoms with E-state index in [-0.39, 0.29) is 9.93 Å². The van der Waals surface area contributed by atoms with Gasteiger partial charge in [0.1, 0.15) is 11.3 Å². The van der Waals surface area contributed by atoms with Crippen LogP contribution in [-0.2, 0) is 21.0 Å². The number of anilines is 1. The zero-order valence-electron chi connectivity index (χ0n) is 26.4. The molecule has 2 atom stereocenters. The molecule has 7 heteroatoms. The number of hydrogen-bond donors (Lipinski definition) is 0. The van der Waals surface area contributed by atoms with Crippen molar-refractivity contribution in [3.05, 3.63) is 125 Å². The summed E-state index contributed by atoms with van der Waals surface area (Å²) in [6, 6.07) is 33.5. The van der Waals surface area contributed by atoms with Gasteiger partial charge in [-0.15, -0.1) is 0 Å². The van der Waals surface area contributed by atoms with Crippen LogP contribution in [0.5, 0.6) is 5.75 Å². The molecule has 0 unspecified atom stereocenters. The maximum Gasteiger partial charge on any atom is 0.282 e. The largest absolute Gasteiger partial charge is 0.543 e. The number of likely N-dealkylation sites (N-methyl/N-ethyl adjacent to an activating group) is 1. The van der Waals surface area contributed by atoms with Gasteiger partial charge in [0.05, 0.1) is 10.3 Å². The predicted molar refractivity (Wildman–Crippen MR) is 181 cm³/mol. The van der Waals surface area contributed by atoms with Gasteiger partial charge >= 0.3 is 0 Å². The first kappa shape index (κ1) is 30.8. The standard InChI is InChI=1S/C36H42N2O3SSi/c1-27-19-22-31(23-20-27)42(39,40)37-26-36(29-17-13-10-14-18-29)35(5,28-15-11-9-12-16-28)32-25-30(21-24-33(32)38(36)6)41-43(7,8)34(2,3)4/h9-26H,1-8H3/b37-26+/t35-,36-/m1/s1. The zero-order valence-corrected chi connectivity index (χ0v) is 28.2. The summed E-state index contributed by atoms with van der Waals surface area (Å²) < 4.78 is 38.6. The second-order valence-corrected chi connectivity index (χ2v) is 19.6. The third-order valence-electron chi connectivity index (χ3n) is 9.60. The van der Waals surface area contributed by atoms with Crippen LogP contribution in [0.2, 0.25) is 18.1 Å². The van der Waals surface area contributed by atoms with Crippen LogP contribution in [0, 0.1) is 6.92 Å². The molecule has 0 fully saturated rings. The highest BCUT2D eigenvalue weighted by Crippen LogP contribution is 2.59. The number of hydrogen-bond acceptors (Lipinski definition) is 4. The zero-order chi connectivity index (χ0) is 31.3. The van der Waals surface area contributed by atoms with Crippen molar-refractivity contribution in [1.82, 2.24) is 0 Å². The van der Waals surface area contributed by atoms with Gasteiger partial charge in [0.2, 0.25) is 8.32 Å². The lowest BCUT2D eigenvalue weighted by molar-refractivity contribution is 0.404. The average Bonchev–Trinajstić information content (AvgIpc) is 3.16. The molecule has 1 aliphatic rings. The second kappa shape index (κ2) is 10.8. The number of rotatable bonds is 7. The van der Waals surface area contributed by atoms with Crippen LogP contribution in [0.25, 0.3) is 0 Å². The van der Waals surface area contributed by atoms with E-state index in [0.29, 0.717) is 0 Å². The molecule has 0 aromatic heterocycles. The minimum Gasteiger partial charge on any atom is -0.543 e. The summed E-state index contributed by atoms with van der Waals surface area (Å²) >= 11 is 0. The fourth-order valence-electron chi connectivity index (χ4n) is 5.98. The SMILES string of the molecule is Cc1ccc(S(=O)(=O)/N=C/[C@]2(c3ccccc3)N(C)c3ccc(O[Si](C)(C)C(C)(C)C)cc3[C@@]2(C)c2ccccc2)cc1. The number of benzene rings is 4. The predicted octanol–water partition coefficient (Wildman–Crippen LogP) is 8.49. The van der Waals surface area contributed by atoms with E-state index in [1.54, 1.807) is 30.5 Å². The highest BCUT2D eigenvalue weighted by atomic mass is 32.2. The topological polar surface area (TPSA) is 59.0 Å². The second-order valence-electron chi connectivity index (χ2n) is 13.2. The Morgan fingerprint density at radius 3 is 1.95 bits per heavy atom. The fourth-order valence-corrected chi connectivity index (χ4v) is 7.89. The summed E-state index contributed by atoms with van der Waals surface area (Å²) in [6.07, 6.45) is 1.65. The molecule has 4 aromatic rings. The molecule has 0 spiro atoms. The Hall–Kier alpha value is -3.68. The van der Waals surface area contributed by atoms with E-state index in [9.17, 15) is 8.42 Å². The van der Waals surface area contributed by atoms with Gasteiger partial charge in [-0.25, -0.2) is 0 Å². The Bertz CT molecular complexity index is 1750. The quantitative estimate of drug-likeness (QED) is 0.156. The molecule has 1 heterocycles. The van der Waals surface area contributed by atoms with Crippen molar-refractivity contribution in [3.8, 4) is 5.75 Å². The molecule has 43 heavy (non-hydrogen) atoms. The van der Waals surface area contributed by atoms with Crippen LogP contribution in [0.4, 0.5) is 5.69 Å². The highest BCUT2D eigenvalue weighted by molar-refractivity contribution is 7.90. The summed E-state index contributed by atoms with van der Waals surface area (Å²) in [5, 5.41) is 0.0380. The molecule has 0 amide bonds. The van der Waals surface area contributed by atoms with Gasteiger partial charge in [-0.1, -0.05) is 99.1 Å². The van der Waals surface area contributed by atoms with Crippen LogP contribution in [0.15, 0.2) is 112 Å². The van der Waals surface area contributed by atoms with E-state index in [1.807, 2.05) is 56.4 Å². The smallest absolute Gasteiger partial charge is 0.282 e. The van der Waals surface area contributed by atoms with Crippen LogP contribution < -0.4 is 9.33 Å². The van der Waals surface area contributed by atoms with Crippen LogP contribution in [0.3, 0.4) is 0 Å². The van der Waals surface area contributed by atoms with Crippen LogP contribution >= 0.6 is 0 Å². The van der Waals surface area contributed by atoms with E-state index in [1.165, 1.54) is 0 Å². The molecule has 0 radical (unpaired) electrons. The number of aryl methyl sites for hydroxylation is 1. The van der Waals surface area contributed by atoms with Crippen molar-refractivity contribution in [2.45, 2.75) is 68.6 Å². The first-order valence-corrected chi connectivity index (χ1v) is 19.0. The highest BCUT2D eigenvalue weighted by Gasteiger charge is 2.60. The summed E-state index contributed by atoms with van der Waals surface area (Å²) in [6.45, 7) is 15.3.